The molecule has 3 N–H and O–H groups in total. The van der Waals surface area contributed by atoms with Gasteiger partial charge in [0.25, 0.3) is 5.91 Å². The normalized spacial score (nSPS) is 16.3. The summed E-state index contributed by atoms with van der Waals surface area (Å²) in [6.45, 7) is 12.3. The van der Waals surface area contributed by atoms with Gasteiger partial charge in [0.1, 0.15) is 15.3 Å². The van der Waals surface area contributed by atoms with Gasteiger partial charge in [0.05, 0.1) is 5.69 Å². The Morgan fingerprint density at radius 1 is 1.17 bits per heavy atom. The minimum absolute atomic E-state index is 0.0592. The van der Waals surface area contributed by atoms with Gasteiger partial charge in [-0.15, -0.1) is 11.3 Å². The van der Waals surface area contributed by atoms with Gasteiger partial charge in [0.15, 0.2) is 0 Å². The number of aryl methyl sites for hydroxylation is 1. The summed E-state index contributed by atoms with van der Waals surface area (Å²) < 4.78 is 5.54. The third kappa shape index (κ3) is 5.90. The van der Waals surface area contributed by atoms with E-state index in [-0.39, 0.29) is 18.0 Å². The number of pyridine rings is 1. The lowest BCUT2D eigenvalue weighted by Gasteiger charge is -2.41. The van der Waals surface area contributed by atoms with E-state index in [1.54, 1.807) is 4.90 Å². The Kier molecular flexibility index (Phi) is 7.40. The van der Waals surface area contributed by atoms with Crippen molar-refractivity contribution in [1.82, 2.24) is 15.2 Å². The lowest BCUT2D eigenvalue weighted by molar-refractivity contribution is 0.0159. The Labute approximate surface area is 216 Å². The van der Waals surface area contributed by atoms with Crippen molar-refractivity contribution in [2.24, 2.45) is 0 Å². The number of piperazine rings is 1. The van der Waals surface area contributed by atoms with E-state index in [4.69, 9.17) is 10.5 Å². The predicted octanol–water partition coefficient (Wildman–Crippen LogP) is 4.61. The number of anilines is 2. The Hall–Kier alpha value is -3.33. The maximum Gasteiger partial charge on any atom is 0.410 e. The van der Waals surface area contributed by atoms with E-state index in [0.717, 1.165) is 46.7 Å². The maximum atomic E-state index is 12.7. The van der Waals surface area contributed by atoms with Gasteiger partial charge in [-0.2, -0.15) is 0 Å². The van der Waals surface area contributed by atoms with Gasteiger partial charge in [-0.25, -0.2) is 9.78 Å². The number of ether oxygens (including phenoxy) is 1. The van der Waals surface area contributed by atoms with E-state index in [0.29, 0.717) is 23.7 Å². The first-order chi connectivity index (χ1) is 17.0. The largest absolute Gasteiger partial charge is 0.444 e. The molecule has 0 aliphatic carbocycles. The number of amides is 2. The van der Waals surface area contributed by atoms with Crippen molar-refractivity contribution in [3.05, 3.63) is 52.5 Å². The number of thiophene rings is 1. The molecule has 1 unspecified atom stereocenters. The zero-order valence-corrected chi connectivity index (χ0v) is 22.4. The number of hydrogen-bond acceptors (Lipinski definition) is 7. The second-order valence-corrected chi connectivity index (χ2v) is 11.3. The lowest BCUT2D eigenvalue weighted by atomic mass is 10.1. The first-order valence-corrected chi connectivity index (χ1v) is 13.1. The van der Waals surface area contributed by atoms with Crippen molar-refractivity contribution >= 4 is 44.9 Å². The molecule has 1 fully saturated rings. The molecule has 0 saturated carbocycles. The number of nitrogen functional groups attached to an aromatic ring is 1. The quantitative estimate of drug-likeness (QED) is 0.521. The van der Waals surface area contributed by atoms with Crippen LogP contribution < -0.4 is 16.0 Å². The minimum atomic E-state index is -0.496. The predicted molar refractivity (Wildman–Crippen MR) is 146 cm³/mol. The Balaban J connectivity index is 1.29. The number of hydrogen-bond donors (Lipinski definition) is 2. The monoisotopic (exact) mass is 509 g/mol. The standard InChI is InChI=1S/C27H35N5O3S/c1-17-6-11-21-22(28)23(36-25(21)30-17)24(33)29-13-12-19-7-9-20(10-8-19)31-14-15-32(18(2)16-31)26(34)35-27(3,4)5/h6-11,18H,12-16,28H2,1-5H3,(H,29,33). The summed E-state index contributed by atoms with van der Waals surface area (Å²) in [4.78, 5) is 35.0. The molecule has 3 heterocycles. The van der Waals surface area contributed by atoms with Crippen LogP contribution in [0, 0.1) is 6.92 Å². The van der Waals surface area contributed by atoms with Crippen LogP contribution in [-0.4, -0.2) is 59.7 Å². The van der Waals surface area contributed by atoms with Crippen LogP contribution in [-0.2, 0) is 11.2 Å². The molecule has 3 aromatic rings. The van der Waals surface area contributed by atoms with Gasteiger partial charge in [-0.3, -0.25) is 4.79 Å². The molecule has 9 heteroatoms. The zero-order valence-electron chi connectivity index (χ0n) is 21.6. The molecule has 0 radical (unpaired) electrons. The molecule has 1 aliphatic rings. The maximum absolute atomic E-state index is 12.7. The summed E-state index contributed by atoms with van der Waals surface area (Å²) >= 11 is 1.33. The molecule has 2 aromatic heterocycles. The number of benzene rings is 1. The molecule has 36 heavy (non-hydrogen) atoms. The molecule has 0 bridgehead atoms. The Morgan fingerprint density at radius 3 is 2.56 bits per heavy atom. The van der Waals surface area contributed by atoms with Crippen LogP contribution in [0.3, 0.4) is 0 Å². The van der Waals surface area contributed by atoms with E-state index in [1.165, 1.54) is 11.3 Å². The first kappa shape index (κ1) is 25.8. The van der Waals surface area contributed by atoms with Crippen molar-refractivity contribution < 1.29 is 14.3 Å². The number of nitrogens with two attached hydrogens (primary N) is 1. The van der Waals surface area contributed by atoms with Gasteiger partial charge in [-0.05, 0) is 70.9 Å². The molecule has 0 spiro atoms. The molecular weight excluding hydrogens is 474 g/mol. The topological polar surface area (TPSA) is 101 Å². The van der Waals surface area contributed by atoms with Crippen LogP contribution in [0.5, 0.6) is 0 Å². The zero-order chi connectivity index (χ0) is 26.0. The fourth-order valence-corrected chi connectivity index (χ4v) is 5.37. The van der Waals surface area contributed by atoms with Crippen LogP contribution in [0.15, 0.2) is 36.4 Å². The highest BCUT2D eigenvalue weighted by Crippen LogP contribution is 2.32. The van der Waals surface area contributed by atoms with Gasteiger partial charge in [0, 0.05) is 49.0 Å². The highest BCUT2D eigenvalue weighted by Gasteiger charge is 2.30. The number of rotatable bonds is 5. The van der Waals surface area contributed by atoms with Gasteiger partial charge in [-0.1, -0.05) is 12.1 Å². The number of nitrogens with one attached hydrogen (secondary N) is 1. The average Bonchev–Trinajstić information content (AvgIpc) is 3.13. The van der Waals surface area contributed by atoms with Crippen molar-refractivity contribution in [1.29, 1.82) is 0 Å². The van der Waals surface area contributed by atoms with Crippen LogP contribution in [0.2, 0.25) is 0 Å². The highest BCUT2D eigenvalue weighted by atomic mass is 32.1. The summed E-state index contributed by atoms with van der Waals surface area (Å²) in [7, 11) is 0. The molecule has 1 aromatic carbocycles. The summed E-state index contributed by atoms with van der Waals surface area (Å²) in [5.74, 6) is -0.165. The third-order valence-corrected chi connectivity index (χ3v) is 7.31. The first-order valence-electron chi connectivity index (χ1n) is 12.3. The van der Waals surface area contributed by atoms with Crippen LogP contribution >= 0.6 is 11.3 Å². The SMILES string of the molecule is Cc1ccc2c(N)c(C(=O)NCCc3ccc(N4CCN(C(=O)OC(C)(C)C)C(C)C4)cc3)sc2n1. The number of carbonyl (C=O) groups excluding carboxylic acids is 2. The lowest BCUT2D eigenvalue weighted by Crippen LogP contribution is -2.55. The van der Waals surface area contributed by atoms with Crippen molar-refractivity contribution in [2.45, 2.75) is 52.7 Å². The van der Waals surface area contributed by atoms with Gasteiger partial charge >= 0.3 is 6.09 Å². The van der Waals surface area contributed by atoms with E-state index in [2.05, 4.69) is 39.5 Å². The van der Waals surface area contributed by atoms with Crippen LogP contribution in [0.4, 0.5) is 16.2 Å². The van der Waals surface area contributed by atoms with Crippen molar-refractivity contribution in [3.8, 4) is 0 Å². The van der Waals surface area contributed by atoms with Crippen LogP contribution in [0.1, 0.15) is 48.6 Å². The average molecular weight is 510 g/mol. The third-order valence-electron chi connectivity index (χ3n) is 6.20. The second kappa shape index (κ2) is 10.3. The fourth-order valence-electron chi connectivity index (χ4n) is 4.32. The summed E-state index contributed by atoms with van der Waals surface area (Å²) in [6.07, 6.45) is 0.465. The molecule has 1 atom stereocenters. The molecule has 2 amide bonds. The number of fused-ring (bicyclic) bond motifs is 1. The van der Waals surface area contributed by atoms with Crippen molar-refractivity contribution in [3.63, 3.8) is 0 Å². The van der Waals surface area contributed by atoms with E-state index < -0.39 is 5.60 Å². The summed E-state index contributed by atoms with van der Waals surface area (Å²) in [5, 5.41) is 3.81. The molecule has 192 valence electrons. The number of aromatic nitrogens is 1. The highest BCUT2D eigenvalue weighted by molar-refractivity contribution is 7.21. The second-order valence-electron chi connectivity index (χ2n) is 10.3. The molecule has 1 saturated heterocycles. The molecule has 4 rings (SSSR count). The van der Waals surface area contributed by atoms with Gasteiger partial charge in [0.2, 0.25) is 0 Å². The van der Waals surface area contributed by atoms with Crippen molar-refractivity contribution in [2.75, 3.05) is 36.8 Å². The fraction of sp³-hybridized carbons (Fsp3) is 0.444. The van der Waals surface area contributed by atoms with Crippen LogP contribution in [0.25, 0.3) is 10.2 Å². The number of carbonyl (C=O) groups is 2. The summed E-state index contributed by atoms with van der Waals surface area (Å²) in [6, 6.07) is 12.3. The van der Waals surface area contributed by atoms with E-state index in [9.17, 15) is 9.59 Å². The van der Waals surface area contributed by atoms with E-state index in [1.807, 2.05) is 46.8 Å². The molecule has 8 nitrogen and oxygen atoms in total. The molecular formula is C27H35N5O3S. The van der Waals surface area contributed by atoms with Gasteiger partial charge < -0.3 is 25.6 Å². The minimum Gasteiger partial charge on any atom is -0.444 e. The molecule has 1 aliphatic heterocycles. The smallest absolute Gasteiger partial charge is 0.410 e. The Morgan fingerprint density at radius 2 is 1.89 bits per heavy atom. The summed E-state index contributed by atoms with van der Waals surface area (Å²) in [5.41, 5.74) is 9.36. The number of nitrogens with zero attached hydrogens (tertiary/aromatic N) is 3. The van der Waals surface area contributed by atoms with E-state index >= 15 is 0 Å². The Bertz CT molecular complexity index is 1250.